The van der Waals surface area contributed by atoms with Crippen molar-refractivity contribution in [2.24, 2.45) is 34.3 Å². The highest BCUT2D eigenvalue weighted by atomic mass is 16.3. The number of ketones is 2. The Bertz CT molecular complexity index is 687. The van der Waals surface area contributed by atoms with E-state index in [-0.39, 0.29) is 41.3 Å². The van der Waals surface area contributed by atoms with Crippen LogP contribution in [0.5, 0.6) is 0 Å². The van der Waals surface area contributed by atoms with E-state index in [0.717, 1.165) is 25.7 Å². The zero-order valence-electron chi connectivity index (χ0n) is 15.8. The van der Waals surface area contributed by atoms with Gasteiger partial charge in [0.1, 0.15) is 5.60 Å². The first kappa shape index (κ1) is 18.3. The van der Waals surface area contributed by atoms with Gasteiger partial charge in [0.2, 0.25) is 0 Å². The molecule has 0 saturated heterocycles. The number of rotatable bonds is 2. The molecule has 5 heteroatoms. The van der Waals surface area contributed by atoms with Gasteiger partial charge in [0, 0.05) is 11.8 Å². The monoisotopic (exact) mass is 361 g/mol. The first-order valence-electron chi connectivity index (χ1n) is 10.0. The summed E-state index contributed by atoms with van der Waals surface area (Å²) in [6.45, 7) is 4.03. The van der Waals surface area contributed by atoms with Crippen LogP contribution < -0.4 is 5.73 Å². The lowest BCUT2D eigenvalue weighted by molar-refractivity contribution is -0.179. The van der Waals surface area contributed by atoms with E-state index in [9.17, 15) is 19.8 Å². The first-order chi connectivity index (χ1) is 12.2. The highest BCUT2D eigenvalue weighted by Gasteiger charge is 2.68. The van der Waals surface area contributed by atoms with E-state index in [4.69, 9.17) is 5.73 Å². The molecule has 0 aliphatic heterocycles. The highest BCUT2D eigenvalue weighted by Crippen LogP contribution is 2.67. The molecule has 4 rings (SSSR count). The molecule has 5 nitrogen and oxygen atoms in total. The normalized spacial score (nSPS) is 50.5. The van der Waals surface area contributed by atoms with Gasteiger partial charge in [-0.15, -0.1) is 0 Å². The summed E-state index contributed by atoms with van der Waals surface area (Å²) < 4.78 is 0. The van der Waals surface area contributed by atoms with Crippen LogP contribution in [0.15, 0.2) is 11.6 Å². The maximum atomic E-state index is 12.5. The van der Waals surface area contributed by atoms with Gasteiger partial charge in [-0.25, -0.2) is 0 Å². The van der Waals surface area contributed by atoms with Crippen LogP contribution in [-0.4, -0.2) is 40.0 Å². The number of fused-ring (bicyclic) bond motifs is 5. The van der Waals surface area contributed by atoms with Crippen LogP contribution in [-0.2, 0) is 9.59 Å². The molecule has 4 aliphatic carbocycles. The molecule has 0 aromatic heterocycles. The summed E-state index contributed by atoms with van der Waals surface area (Å²) in [4.78, 5) is 24.4. The summed E-state index contributed by atoms with van der Waals surface area (Å²) in [7, 11) is 0. The van der Waals surface area contributed by atoms with E-state index in [1.165, 1.54) is 5.57 Å². The number of allylic oxidation sites excluding steroid dienone is 1. The molecule has 3 saturated carbocycles. The Morgan fingerprint density at radius 3 is 2.69 bits per heavy atom. The van der Waals surface area contributed by atoms with E-state index in [1.807, 2.05) is 13.0 Å². The summed E-state index contributed by atoms with van der Waals surface area (Å²) in [5.41, 5.74) is 4.61. The molecule has 7 atom stereocenters. The Labute approximate surface area is 155 Å². The zero-order valence-corrected chi connectivity index (χ0v) is 15.8. The average molecular weight is 361 g/mol. The molecule has 4 N–H and O–H groups in total. The quantitative estimate of drug-likeness (QED) is 0.696. The Hall–Kier alpha value is -1.04. The predicted octanol–water partition coefficient (Wildman–Crippen LogP) is 1.75. The summed E-state index contributed by atoms with van der Waals surface area (Å²) in [6, 6.07) is 0. The fourth-order valence-electron chi connectivity index (χ4n) is 7.32. The molecule has 3 fully saturated rings. The second-order valence-corrected chi connectivity index (χ2v) is 9.60. The Balaban J connectivity index is 1.74. The summed E-state index contributed by atoms with van der Waals surface area (Å²) in [5, 5.41) is 22.5. The molecule has 0 unspecified atom stereocenters. The second-order valence-electron chi connectivity index (χ2n) is 9.60. The van der Waals surface area contributed by atoms with Crippen LogP contribution >= 0.6 is 0 Å². The van der Waals surface area contributed by atoms with Crippen LogP contribution in [0.2, 0.25) is 0 Å². The number of nitrogens with two attached hydrogens (primary N) is 1. The minimum absolute atomic E-state index is 0.101. The van der Waals surface area contributed by atoms with Gasteiger partial charge in [0.05, 0.1) is 12.6 Å². The number of Topliss-reactive ketones (excluding diaryl/α,β-unsaturated/α-hetero) is 1. The van der Waals surface area contributed by atoms with Crippen molar-refractivity contribution in [3.05, 3.63) is 11.6 Å². The standard InChI is InChI=1S/C21H31NO4/c1-19-7-5-13(23)9-12(19)3-4-14-15-6-8-21(26,17(25)11-22)20(15,2)10-16(24)18(14)19/h9,14-16,18,24,26H,3-8,10-11,22H2,1-2H3/t14-,15-,16+,18+,19-,20-,21-/m0/s1. The third-order valence-corrected chi connectivity index (χ3v) is 8.70. The van der Waals surface area contributed by atoms with Crippen LogP contribution in [0.4, 0.5) is 0 Å². The minimum atomic E-state index is -1.42. The maximum absolute atomic E-state index is 12.5. The summed E-state index contributed by atoms with van der Waals surface area (Å²) in [6.07, 6.45) is 6.08. The van der Waals surface area contributed by atoms with Crippen molar-refractivity contribution >= 4 is 11.6 Å². The van der Waals surface area contributed by atoms with Gasteiger partial charge in [-0.1, -0.05) is 19.4 Å². The average Bonchev–Trinajstić information content (AvgIpc) is 2.86. The maximum Gasteiger partial charge on any atom is 0.178 e. The fraction of sp³-hybridized carbons (Fsp3) is 0.810. The first-order valence-corrected chi connectivity index (χ1v) is 10.0. The molecule has 144 valence electrons. The van der Waals surface area contributed by atoms with Crippen molar-refractivity contribution in [1.29, 1.82) is 0 Å². The lowest BCUT2D eigenvalue weighted by Crippen LogP contribution is -2.62. The van der Waals surface area contributed by atoms with Crippen molar-refractivity contribution in [2.75, 3.05) is 6.54 Å². The van der Waals surface area contributed by atoms with Crippen molar-refractivity contribution < 1.29 is 19.8 Å². The topological polar surface area (TPSA) is 101 Å². The number of hydrogen-bond donors (Lipinski definition) is 3. The number of aliphatic hydroxyl groups excluding tert-OH is 1. The van der Waals surface area contributed by atoms with Crippen molar-refractivity contribution in [1.82, 2.24) is 0 Å². The predicted molar refractivity (Wildman–Crippen MR) is 97.1 cm³/mol. The lowest BCUT2D eigenvalue weighted by Gasteiger charge is -2.60. The summed E-state index contributed by atoms with van der Waals surface area (Å²) >= 11 is 0. The van der Waals surface area contributed by atoms with Gasteiger partial charge in [0.15, 0.2) is 11.6 Å². The molecule has 0 heterocycles. The highest BCUT2D eigenvalue weighted by molar-refractivity contribution is 5.92. The third-order valence-electron chi connectivity index (χ3n) is 8.70. The Morgan fingerprint density at radius 2 is 2.00 bits per heavy atom. The second kappa shape index (κ2) is 5.73. The molecule has 0 spiro atoms. The Morgan fingerprint density at radius 1 is 1.27 bits per heavy atom. The van der Waals surface area contributed by atoms with E-state index in [0.29, 0.717) is 19.3 Å². The Kier molecular flexibility index (Phi) is 4.04. The van der Waals surface area contributed by atoms with Gasteiger partial charge in [-0.05, 0) is 67.8 Å². The van der Waals surface area contributed by atoms with Crippen molar-refractivity contribution in [2.45, 2.75) is 70.5 Å². The van der Waals surface area contributed by atoms with Gasteiger partial charge in [-0.3, -0.25) is 9.59 Å². The third kappa shape index (κ3) is 2.14. The van der Waals surface area contributed by atoms with Crippen LogP contribution in [0, 0.1) is 28.6 Å². The number of carbonyl (C=O) groups excluding carboxylic acids is 2. The molecular weight excluding hydrogens is 330 g/mol. The van der Waals surface area contributed by atoms with Gasteiger partial charge < -0.3 is 15.9 Å². The van der Waals surface area contributed by atoms with Crippen molar-refractivity contribution in [3.63, 3.8) is 0 Å². The van der Waals surface area contributed by atoms with Crippen molar-refractivity contribution in [3.8, 4) is 0 Å². The number of hydrogen-bond acceptors (Lipinski definition) is 5. The van der Waals surface area contributed by atoms with E-state index in [2.05, 4.69) is 6.92 Å². The molecule has 0 amide bonds. The number of carbonyl (C=O) groups is 2. The smallest absolute Gasteiger partial charge is 0.178 e. The molecule has 0 radical (unpaired) electrons. The van der Waals surface area contributed by atoms with E-state index in [1.54, 1.807) is 0 Å². The molecule has 0 bridgehead atoms. The van der Waals surface area contributed by atoms with Crippen LogP contribution in [0.3, 0.4) is 0 Å². The number of aliphatic hydroxyl groups is 2. The molecular formula is C21H31NO4. The van der Waals surface area contributed by atoms with Gasteiger partial charge in [0.25, 0.3) is 0 Å². The molecule has 0 aromatic carbocycles. The molecule has 26 heavy (non-hydrogen) atoms. The largest absolute Gasteiger partial charge is 0.393 e. The fourth-order valence-corrected chi connectivity index (χ4v) is 7.32. The zero-order chi connectivity index (χ0) is 18.9. The minimum Gasteiger partial charge on any atom is -0.393 e. The lowest BCUT2D eigenvalue weighted by atomic mass is 9.45. The van der Waals surface area contributed by atoms with E-state index < -0.39 is 17.1 Å². The van der Waals surface area contributed by atoms with E-state index >= 15 is 0 Å². The summed E-state index contributed by atoms with van der Waals surface area (Å²) in [5.74, 6) is 0.504. The van der Waals surface area contributed by atoms with Crippen LogP contribution in [0.1, 0.15) is 58.8 Å². The van der Waals surface area contributed by atoms with Gasteiger partial charge in [-0.2, -0.15) is 0 Å². The van der Waals surface area contributed by atoms with Crippen LogP contribution in [0.25, 0.3) is 0 Å². The van der Waals surface area contributed by atoms with Gasteiger partial charge >= 0.3 is 0 Å². The molecule has 4 aliphatic rings. The molecule has 0 aromatic rings. The SMILES string of the molecule is C[C@]12CCC(=O)C=C1CC[C@@H]1[C@@H]2[C@H](O)C[C@@]2(C)[C@H]1CC[C@]2(O)C(=O)CN.